The molecule has 0 aromatic carbocycles. The Labute approximate surface area is 106 Å². The highest BCUT2D eigenvalue weighted by Crippen LogP contribution is 2.12. The number of hydrogen-bond donors (Lipinski definition) is 1. The van der Waals surface area contributed by atoms with Crippen LogP contribution in [0.4, 0.5) is 0 Å². The molecule has 0 saturated heterocycles. The second-order valence-corrected chi connectivity index (χ2v) is 4.35. The molecule has 1 amide bonds. The van der Waals surface area contributed by atoms with Crippen molar-refractivity contribution in [3.05, 3.63) is 24.0 Å². The number of methoxy groups -OCH3 is 1. The van der Waals surface area contributed by atoms with Gasteiger partial charge in [-0.1, -0.05) is 12.7 Å². The number of ether oxygens (including phenoxy) is 1. The Morgan fingerprint density at radius 3 is 2.67 bits per heavy atom. The Morgan fingerprint density at radius 1 is 1.56 bits per heavy atom. The number of aryl methyl sites for hydroxylation is 1. The lowest BCUT2D eigenvalue weighted by molar-refractivity contribution is -0.146. The second kappa shape index (κ2) is 5.03. The summed E-state index contributed by atoms with van der Waals surface area (Å²) in [5, 5.41) is 6.57. The van der Waals surface area contributed by atoms with E-state index in [1.165, 1.54) is 24.1 Å². The van der Waals surface area contributed by atoms with Gasteiger partial charge in [-0.05, 0) is 13.8 Å². The van der Waals surface area contributed by atoms with Crippen LogP contribution in [0, 0.1) is 0 Å². The van der Waals surface area contributed by atoms with Gasteiger partial charge in [-0.2, -0.15) is 5.10 Å². The number of hydrogen-bond acceptors (Lipinski definition) is 4. The summed E-state index contributed by atoms with van der Waals surface area (Å²) in [5.74, 6) is -0.918. The van der Waals surface area contributed by atoms with E-state index in [9.17, 15) is 9.59 Å². The van der Waals surface area contributed by atoms with Crippen LogP contribution in [0.2, 0.25) is 0 Å². The molecular weight excluding hydrogens is 234 g/mol. The Hall–Kier alpha value is -2.11. The summed E-state index contributed by atoms with van der Waals surface area (Å²) >= 11 is 0. The van der Waals surface area contributed by atoms with Crippen molar-refractivity contribution in [3.8, 4) is 0 Å². The van der Waals surface area contributed by atoms with Gasteiger partial charge in [0.05, 0.1) is 13.3 Å². The molecule has 1 heterocycles. The fraction of sp³-hybridized carbons (Fsp3) is 0.417. The van der Waals surface area contributed by atoms with Gasteiger partial charge in [-0.25, -0.2) is 4.79 Å². The summed E-state index contributed by atoms with van der Waals surface area (Å²) in [4.78, 5) is 23.6. The first kappa shape index (κ1) is 14.0. The summed E-state index contributed by atoms with van der Waals surface area (Å²) < 4.78 is 6.05. The largest absolute Gasteiger partial charge is 0.467 e. The van der Waals surface area contributed by atoms with Gasteiger partial charge >= 0.3 is 5.97 Å². The highest BCUT2D eigenvalue weighted by atomic mass is 16.5. The molecule has 0 fully saturated rings. The van der Waals surface area contributed by atoms with Crippen LogP contribution in [0.5, 0.6) is 0 Å². The van der Waals surface area contributed by atoms with Crippen LogP contribution in [0.3, 0.4) is 0 Å². The molecule has 0 radical (unpaired) electrons. The minimum atomic E-state index is -1.10. The maximum atomic E-state index is 12.1. The molecule has 18 heavy (non-hydrogen) atoms. The normalized spacial score (nSPS) is 10.9. The Balaban J connectivity index is 2.99. The molecule has 98 valence electrons. The number of carbonyl (C=O) groups excluding carboxylic acids is 2. The fourth-order valence-electron chi connectivity index (χ4n) is 1.53. The third kappa shape index (κ3) is 2.58. The molecule has 0 saturated carbocycles. The number of nitrogens with zero attached hydrogens (tertiary/aromatic N) is 2. The molecule has 1 N–H and O–H groups in total. The third-order valence-electron chi connectivity index (χ3n) is 2.52. The quantitative estimate of drug-likeness (QED) is 0.801. The van der Waals surface area contributed by atoms with E-state index < -0.39 is 17.4 Å². The molecule has 0 atom stereocenters. The van der Waals surface area contributed by atoms with E-state index in [-0.39, 0.29) is 0 Å². The Morgan fingerprint density at radius 2 is 2.17 bits per heavy atom. The van der Waals surface area contributed by atoms with Crippen molar-refractivity contribution in [1.82, 2.24) is 15.1 Å². The third-order valence-corrected chi connectivity index (χ3v) is 2.52. The van der Waals surface area contributed by atoms with Gasteiger partial charge < -0.3 is 10.1 Å². The summed E-state index contributed by atoms with van der Waals surface area (Å²) in [6.07, 6.45) is 3.07. The number of carbonyl (C=O) groups is 2. The number of amides is 1. The molecule has 6 nitrogen and oxygen atoms in total. The topological polar surface area (TPSA) is 73.2 Å². The molecule has 0 aliphatic heterocycles. The molecule has 1 aromatic rings. The van der Waals surface area contributed by atoms with Gasteiger partial charge in [0.15, 0.2) is 0 Å². The predicted octanol–water partition coefficient (Wildman–Crippen LogP) is 0.744. The lowest BCUT2D eigenvalue weighted by Gasteiger charge is -2.23. The Kier molecular flexibility index (Phi) is 3.90. The van der Waals surface area contributed by atoms with Crippen molar-refractivity contribution in [1.29, 1.82) is 0 Å². The van der Waals surface area contributed by atoms with Crippen molar-refractivity contribution >= 4 is 18.0 Å². The van der Waals surface area contributed by atoms with E-state index in [0.717, 1.165) is 0 Å². The van der Waals surface area contributed by atoms with Crippen molar-refractivity contribution in [2.24, 2.45) is 7.05 Å². The first-order valence-electron chi connectivity index (χ1n) is 5.39. The second-order valence-electron chi connectivity index (χ2n) is 4.35. The van der Waals surface area contributed by atoms with Crippen LogP contribution < -0.4 is 5.32 Å². The monoisotopic (exact) mass is 251 g/mol. The zero-order chi connectivity index (χ0) is 13.9. The predicted molar refractivity (Wildman–Crippen MR) is 66.9 cm³/mol. The zero-order valence-electron chi connectivity index (χ0n) is 11.0. The van der Waals surface area contributed by atoms with E-state index in [0.29, 0.717) is 11.3 Å². The van der Waals surface area contributed by atoms with E-state index in [1.54, 1.807) is 20.9 Å². The van der Waals surface area contributed by atoms with Gasteiger partial charge in [0, 0.05) is 12.6 Å². The van der Waals surface area contributed by atoms with Gasteiger partial charge in [0.1, 0.15) is 11.2 Å². The van der Waals surface area contributed by atoms with Gasteiger partial charge in [0.2, 0.25) is 0 Å². The lowest BCUT2D eigenvalue weighted by atomic mass is 10.1. The molecule has 1 aromatic heterocycles. The van der Waals surface area contributed by atoms with E-state index in [4.69, 9.17) is 0 Å². The van der Waals surface area contributed by atoms with Crippen molar-refractivity contribution in [3.63, 3.8) is 0 Å². The minimum Gasteiger partial charge on any atom is -0.467 e. The zero-order valence-corrected chi connectivity index (χ0v) is 11.0. The minimum absolute atomic E-state index is 0.349. The number of rotatable bonds is 4. The van der Waals surface area contributed by atoms with E-state index in [1.807, 2.05) is 0 Å². The molecular formula is C12H17N3O3. The average Bonchev–Trinajstić information content (AvgIpc) is 2.68. The summed E-state index contributed by atoms with van der Waals surface area (Å²) in [5.41, 5.74) is -0.146. The van der Waals surface area contributed by atoms with Gasteiger partial charge in [0.25, 0.3) is 5.91 Å². The maximum absolute atomic E-state index is 12.1. The van der Waals surface area contributed by atoms with Crippen LogP contribution in [0.25, 0.3) is 6.08 Å². The molecule has 0 unspecified atom stereocenters. The standard InChI is InChI=1S/C12H17N3O3/c1-6-8-7-13-15(4)9(8)10(16)14-12(2,3)11(17)18-5/h6-7H,1H2,2-5H3,(H,14,16). The van der Waals surface area contributed by atoms with Crippen LogP contribution >= 0.6 is 0 Å². The van der Waals surface area contributed by atoms with Crippen LogP contribution in [-0.2, 0) is 16.6 Å². The van der Waals surface area contributed by atoms with Gasteiger partial charge in [-0.15, -0.1) is 0 Å². The van der Waals surface area contributed by atoms with Crippen LogP contribution in [0.1, 0.15) is 29.9 Å². The summed E-state index contributed by atoms with van der Waals surface area (Å²) in [6, 6.07) is 0. The lowest BCUT2D eigenvalue weighted by Crippen LogP contribution is -2.50. The first-order chi connectivity index (χ1) is 8.33. The Bertz CT molecular complexity index is 489. The number of nitrogens with one attached hydrogen (secondary N) is 1. The first-order valence-corrected chi connectivity index (χ1v) is 5.39. The highest BCUT2D eigenvalue weighted by Gasteiger charge is 2.32. The highest BCUT2D eigenvalue weighted by molar-refractivity contribution is 5.99. The smallest absolute Gasteiger partial charge is 0.330 e. The van der Waals surface area contributed by atoms with Gasteiger partial charge in [-0.3, -0.25) is 9.48 Å². The fourth-order valence-corrected chi connectivity index (χ4v) is 1.53. The molecule has 0 aliphatic carbocycles. The van der Waals surface area contributed by atoms with Crippen molar-refractivity contribution in [2.45, 2.75) is 19.4 Å². The number of aromatic nitrogens is 2. The molecule has 0 spiro atoms. The summed E-state index contributed by atoms with van der Waals surface area (Å²) in [6.45, 7) is 6.75. The van der Waals surface area contributed by atoms with Crippen molar-refractivity contribution in [2.75, 3.05) is 7.11 Å². The van der Waals surface area contributed by atoms with E-state index in [2.05, 4.69) is 21.7 Å². The molecule has 0 aliphatic rings. The average molecular weight is 251 g/mol. The molecule has 1 rings (SSSR count). The SMILES string of the molecule is C=Cc1cnn(C)c1C(=O)NC(C)(C)C(=O)OC. The molecule has 6 heteroatoms. The summed E-state index contributed by atoms with van der Waals surface area (Å²) in [7, 11) is 2.92. The van der Waals surface area contributed by atoms with Crippen LogP contribution in [-0.4, -0.2) is 34.3 Å². The van der Waals surface area contributed by atoms with Crippen LogP contribution in [0.15, 0.2) is 12.8 Å². The number of esters is 1. The maximum Gasteiger partial charge on any atom is 0.330 e. The van der Waals surface area contributed by atoms with Crippen molar-refractivity contribution < 1.29 is 14.3 Å². The molecule has 0 bridgehead atoms. The van der Waals surface area contributed by atoms with E-state index >= 15 is 0 Å².